The standard InChI is InChI=1S/C17H26FN3O/c1-12-10-14(18)6-7-16(12)21-9-3-4-15(11-21)20-17(22)8-5-13(2)19/h6-7,10,13,15H,3-5,8-9,11,19H2,1-2H3,(H,20,22). The average Bonchev–Trinajstić information content (AvgIpc) is 2.45. The first-order chi connectivity index (χ1) is 10.5. The number of carbonyl (C=O) groups excluding carboxylic acids is 1. The third-order valence-electron chi connectivity index (χ3n) is 4.11. The molecule has 1 fully saturated rings. The van der Waals surface area contributed by atoms with Crippen LogP contribution in [-0.2, 0) is 4.79 Å². The van der Waals surface area contributed by atoms with Gasteiger partial charge >= 0.3 is 0 Å². The van der Waals surface area contributed by atoms with E-state index in [4.69, 9.17) is 5.73 Å². The molecular weight excluding hydrogens is 281 g/mol. The first-order valence-electron chi connectivity index (χ1n) is 8.01. The molecule has 2 atom stereocenters. The number of halogens is 1. The molecule has 1 saturated heterocycles. The molecule has 0 spiro atoms. The molecule has 0 aliphatic carbocycles. The number of nitrogens with zero attached hydrogens (tertiary/aromatic N) is 1. The van der Waals surface area contributed by atoms with Crippen molar-refractivity contribution >= 4 is 11.6 Å². The number of hydrogen-bond acceptors (Lipinski definition) is 3. The summed E-state index contributed by atoms with van der Waals surface area (Å²) in [7, 11) is 0. The Labute approximate surface area is 131 Å². The minimum absolute atomic E-state index is 0.0514. The first kappa shape index (κ1) is 16.7. The maximum Gasteiger partial charge on any atom is 0.220 e. The van der Waals surface area contributed by atoms with Gasteiger partial charge in [0.1, 0.15) is 5.82 Å². The van der Waals surface area contributed by atoms with Crippen LogP contribution in [0, 0.1) is 12.7 Å². The highest BCUT2D eigenvalue weighted by molar-refractivity contribution is 5.76. The van der Waals surface area contributed by atoms with Crippen molar-refractivity contribution in [2.24, 2.45) is 5.73 Å². The fourth-order valence-corrected chi connectivity index (χ4v) is 2.95. The van der Waals surface area contributed by atoms with E-state index in [2.05, 4.69) is 10.2 Å². The summed E-state index contributed by atoms with van der Waals surface area (Å²) in [5.41, 5.74) is 7.67. The Balaban J connectivity index is 1.92. The molecule has 5 heteroatoms. The van der Waals surface area contributed by atoms with Gasteiger partial charge in [-0.2, -0.15) is 0 Å². The number of carbonyl (C=O) groups is 1. The Morgan fingerprint density at radius 3 is 3.00 bits per heavy atom. The Hall–Kier alpha value is -1.62. The fraction of sp³-hybridized carbons (Fsp3) is 0.588. The third kappa shape index (κ3) is 4.70. The summed E-state index contributed by atoms with van der Waals surface area (Å²) in [6.07, 6.45) is 3.19. The van der Waals surface area contributed by atoms with E-state index < -0.39 is 0 Å². The summed E-state index contributed by atoms with van der Waals surface area (Å²) in [5.74, 6) is -0.140. The number of hydrogen-bond donors (Lipinski definition) is 2. The van der Waals surface area contributed by atoms with Crippen LogP contribution in [0.3, 0.4) is 0 Å². The van der Waals surface area contributed by atoms with Crippen LogP contribution >= 0.6 is 0 Å². The lowest BCUT2D eigenvalue weighted by Gasteiger charge is -2.35. The van der Waals surface area contributed by atoms with E-state index in [1.807, 2.05) is 19.9 Å². The Morgan fingerprint density at radius 1 is 1.55 bits per heavy atom. The van der Waals surface area contributed by atoms with Gasteiger partial charge in [0.05, 0.1) is 0 Å². The lowest BCUT2D eigenvalue weighted by molar-refractivity contribution is -0.122. The number of piperidine rings is 1. The number of nitrogens with two attached hydrogens (primary N) is 1. The number of rotatable bonds is 5. The smallest absolute Gasteiger partial charge is 0.220 e. The number of anilines is 1. The summed E-state index contributed by atoms with van der Waals surface area (Å²) < 4.78 is 13.2. The van der Waals surface area contributed by atoms with E-state index in [0.29, 0.717) is 12.8 Å². The molecule has 1 aliphatic heterocycles. The molecule has 0 bridgehead atoms. The molecule has 4 nitrogen and oxygen atoms in total. The second-order valence-electron chi connectivity index (χ2n) is 6.30. The second kappa shape index (κ2) is 7.58. The van der Waals surface area contributed by atoms with Crippen LogP contribution in [0.15, 0.2) is 18.2 Å². The van der Waals surface area contributed by atoms with Crippen LogP contribution in [0.4, 0.5) is 10.1 Å². The topological polar surface area (TPSA) is 58.4 Å². The summed E-state index contributed by atoms with van der Waals surface area (Å²) in [6, 6.07) is 5.08. The minimum atomic E-state index is -0.209. The largest absolute Gasteiger partial charge is 0.369 e. The predicted molar refractivity (Wildman–Crippen MR) is 87.4 cm³/mol. The molecule has 1 aromatic carbocycles. The van der Waals surface area contributed by atoms with E-state index in [1.54, 1.807) is 6.07 Å². The second-order valence-corrected chi connectivity index (χ2v) is 6.30. The average molecular weight is 307 g/mol. The minimum Gasteiger partial charge on any atom is -0.369 e. The maximum atomic E-state index is 13.2. The van der Waals surface area contributed by atoms with Crippen molar-refractivity contribution in [1.29, 1.82) is 0 Å². The molecule has 1 amide bonds. The molecule has 0 radical (unpaired) electrons. The molecule has 22 heavy (non-hydrogen) atoms. The number of benzene rings is 1. The number of nitrogens with one attached hydrogen (secondary N) is 1. The highest BCUT2D eigenvalue weighted by Gasteiger charge is 2.22. The van der Waals surface area contributed by atoms with E-state index in [-0.39, 0.29) is 23.8 Å². The lowest BCUT2D eigenvalue weighted by Crippen LogP contribution is -2.48. The SMILES string of the molecule is Cc1cc(F)ccc1N1CCCC(NC(=O)CCC(C)N)C1. The summed E-state index contributed by atoms with van der Waals surface area (Å²) >= 11 is 0. The van der Waals surface area contributed by atoms with Crippen LogP contribution in [0.2, 0.25) is 0 Å². The van der Waals surface area contributed by atoms with Crippen LogP contribution in [0.1, 0.15) is 38.2 Å². The van der Waals surface area contributed by atoms with Gasteiger partial charge in [-0.25, -0.2) is 4.39 Å². The molecule has 3 N–H and O–H groups in total. The molecule has 2 unspecified atom stereocenters. The molecule has 122 valence electrons. The van der Waals surface area contributed by atoms with Gasteiger partial charge in [0.2, 0.25) is 5.91 Å². The van der Waals surface area contributed by atoms with Crippen LogP contribution in [0.5, 0.6) is 0 Å². The molecule has 1 heterocycles. The molecule has 1 aliphatic rings. The highest BCUT2D eigenvalue weighted by Crippen LogP contribution is 2.24. The lowest BCUT2D eigenvalue weighted by atomic mass is 10.0. The molecular formula is C17H26FN3O. The molecule has 2 rings (SSSR count). The van der Waals surface area contributed by atoms with Gasteiger partial charge in [0.25, 0.3) is 0 Å². The van der Waals surface area contributed by atoms with Crippen molar-refractivity contribution in [3.8, 4) is 0 Å². The predicted octanol–water partition coefficient (Wildman–Crippen LogP) is 2.35. The van der Waals surface area contributed by atoms with Crippen molar-refractivity contribution in [1.82, 2.24) is 5.32 Å². The van der Waals surface area contributed by atoms with E-state index in [9.17, 15) is 9.18 Å². The van der Waals surface area contributed by atoms with Gasteiger partial charge in [0, 0.05) is 37.3 Å². The van der Waals surface area contributed by atoms with Gasteiger partial charge in [0.15, 0.2) is 0 Å². The monoisotopic (exact) mass is 307 g/mol. The van der Waals surface area contributed by atoms with Crippen LogP contribution in [-0.4, -0.2) is 31.1 Å². The van der Waals surface area contributed by atoms with Crippen molar-refractivity contribution < 1.29 is 9.18 Å². The third-order valence-corrected chi connectivity index (χ3v) is 4.11. The summed E-state index contributed by atoms with van der Waals surface area (Å²) in [6.45, 7) is 5.55. The number of amides is 1. The van der Waals surface area contributed by atoms with E-state index >= 15 is 0 Å². The van der Waals surface area contributed by atoms with Gasteiger partial charge in [-0.05, 0) is 56.9 Å². The quantitative estimate of drug-likeness (QED) is 0.878. The zero-order valence-corrected chi connectivity index (χ0v) is 13.4. The van der Waals surface area contributed by atoms with Gasteiger partial charge in [-0.15, -0.1) is 0 Å². The van der Waals surface area contributed by atoms with E-state index in [0.717, 1.165) is 37.2 Å². The zero-order chi connectivity index (χ0) is 16.1. The number of aryl methyl sites for hydroxylation is 1. The maximum absolute atomic E-state index is 13.2. The highest BCUT2D eigenvalue weighted by atomic mass is 19.1. The summed E-state index contributed by atoms with van der Waals surface area (Å²) in [5, 5.41) is 3.09. The van der Waals surface area contributed by atoms with Gasteiger partial charge in [-0.3, -0.25) is 4.79 Å². The Morgan fingerprint density at radius 2 is 2.32 bits per heavy atom. The Kier molecular flexibility index (Phi) is 5.77. The zero-order valence-electron chi connectivity index (χ0n) is 13.4. The fourth-order valence-electron chi connectivity index (χ4n) is 2.95. The normalized spacial score (nSPS) is 19.8. The molecule has 0 saturated carbocycles. The van der Waals surface area contributed by atoms with E-state index in [1.165, 1.54) is 6.07 Å². The van der Waals surface area contributed by atoms with Crippen LogP contribution < -0.4 is 16.0 Å². The van der Waals surface area contributed by atoms with Gasteiger partial charge < -0.3 is 16.0 Å². The Bertz CT molecular complexity index is 519. The molecule has 0 aromatic heterocycles. The van der Waals surface area contributed by atoms with Crippen LogP contribution in [0.25, 0.3) is 0 Å². The van der Waals surface area contributed by atoms with Crippen molar-refractivity contribution in [3.05, 3.63) is 29.6 Å². The van der Waals surface area contributed by atoms with Gasteiger partial charge in [-0.1, -0.05) is 0 Å². The van der Waals surface area contributed by atoms with Crippen molar-refractivity contribution in [3.63, 3.8) is 0 Å². The molecule has 1 aromatic rings. The van der Waals surface area contributed by atoms with Crippen molar-refractivity contribution in [2.45, 2.75) is 51.6 Å². The summed E-state index contributed by atoms with van der Waals surface area (Å²) in [4.78, 5) is 14.2. The van der Waals surface area contributed by atoms with Crippen molar-refractivity contribution in [2.75, 3.05) is 18.0 Å². The first-order valence-corrected chi connectivity index (χ1v) is 8.01.